The summed E-state index contributed by atoms with van der Waals surface area (Å²) >= 11 is 1.63. The summed E-state index contributed by atoms with van der Waals surface area (Å²) in [6.45, 7) is 2.04. The molecule has 0 saturated heterocycles. The zero-order valence-electron chi connectivity index (χ0n) is 12.1. The summed E-state index contributed by atoms with van der Waals surface area (Å²) in [5.41, 5.74) is 4.65. The predicted molar refractivity (Wildman–Crippen MR) is 87.2 cm³/mol. The Morgan fingerprint density at radius 3 is 2.82 bits per heavy atom. The van der Waals surface area contributed by atoms with Crippen LogP contribution in [0.2, 0.25) is 0 Å². The van der Waals surface area contributed by atoms with Gasteiger partial charge in [-0.25, -0.2) is 15.0 Å². The largest absolute Gasteiger partial charge is 0.480 e. The molecule has 0 aliphatic rings. The van der Waals surface area contributed by atoms with Crippen molar-refractivity contribution in [1.82, 2.24) is 19.9 Å². The molecular formula is C16H12N4OS. The van der Waals surface area contributed by atoms with Gasteiger partial charge in [0.2, 0.25) is 5.88 Å². The highest BCUT2D eigenvalue weighted by atomic mass is 32.1. The van der Waals surface area contributed by atoms with E-state index in [0.29, 0.717) is 5.88 Å². The lowest BCUT2D eigenvalue weighted by atomic mass is 10.1. The van der Waals surface area contributed by atoms with Crippen molar-refractivity contribution in [2.75, 3.05) is 7.11 Å². The van der Waals surface area contributed by atoms with E-state index in [0.717, 1.165) is 37.4 Å². The quantitative estimate of drug-likeness (QED) is 0.566. The summed E-state index contributed by atoms with van der Waals surface area (Å²) < 4.78 is 6.27. The average molecular weight is 308 g/mol. The number of pyridine rings is 1. The molecule has 6 heteroatoms. The number of nitrogens with zero attached hydrogens (tertiary/aromatic N) is 4. The third-order valence-corrected chi connectivity index (χ3v) is 4.47. The van der Waals surface area contributed by atoms with Gasteiger partial charge in [0.05, 0.1) is 35.2 Å². The summed E-state index contributed by atoms with van der Waals surface area (Å²) in [6, 6.07) is 6.07. The molecule has 0 spiro atoms. The number of thiazole rings is 1. The molecule has 0 saturated carbocycles. The third kappa shape index (κ3) is 2.08. The van der Waals surface area contributed by atoms with E-state index in [9.17, 15) is 0 Å². The van der Waals surface area contributed by atoms with Crippen LogP contribution in [0.4, 0.5) is 0 Å². The van der Waals surface area contributed by atoms with Gasteiger partial charge in [-0.05, 0) is 30.7 Å². The van der Waals surface area contributed by atoms with Crippen LogP contribution < -0.4 is 4.74 Å². The maximum absolute atomic E-state index is 5.16. The smallest absolute Gasteiger partial charge is 0.232 e. The molecule has 0 amide bonds. The fourth-order valence-electron chi connectivity index (χ4n) is 2.40. The molecule has 3 heterocycles. The second-order valence-corrected chi connectivity index (χ2v) is 5.99. The van der Waals surface area contributed by atoms with Crippen molar-refractivity contribution in [2.24, 2.45) is 0 Å². The van der Waals surface area contributed by atoms with Crippen molar-refractivity contribution < 1.29 is 4.74 Å². The second kappa shape index (κ2) is 4.99. The zero-order chi connectivity index (χ0) is 15.1. The Balaban J connectivity index is 2.00. The van der Waals surface area contributed by atoms with Gasteiger partial charge in [-0.2, -0.15) is 0 Å². The molecule has 3 aromatic heterocycles. The maximum Gasteiger partial charge on any atom is 0.232 e. The first kappa shape index (κ1) is 13.1. The van der Waals surface area contributed by atoms with Crippen LogP contribution in [0, 0.1) is 6.92 Å². The number of methoxy groups -OCH3 is 1. The Morgan fingerprint density at radius 2 is 2.00 bits per heavy atom. The minimum absolute atomic E-state index is 0.512. The SMILES string of the molecule is COc1cnc2c(-c3nc4cnccc4s3)cc(C)cc2n1. The number of benzene rings is 1. The van der Waals surface area contributed by atoms with Crippen LogP contribution in [-0.4, -0.2) is 27.0 Å². The van der Waals surface area contributed by atoms with Crippen molar-refractivity contribution in [3.8, 4) is 16.5 Å². The Kier molecular flexibility index (Phi) is 2.97. The third-order valence-electron chi connectivity index (χ3n) is 3.40. The molecule has 4 aromatic rings. The number of aryl methyl sites for hydroxylation is 1. The minimum atomic E-state index is 0.512. The lowest BCUT2D eigenvalue weighted by molar-refractivity contribution is 0.397. The minimum Gasteiger partial charge on any atom is -0.480 e. The maximum atomic E-state index is 5.16. The molecule has 0 aliphatic heterocycles. The number of ether oxygens (including phenoxy) is 1. The molecule has 0 atom stereocenters. The molecule has 0 fully saturated rings. The monoisotopic (exact) mass is 308 g/mol. The summed E-state index contributed by atoms with van der Waals surface area (Å²) in [5.74, 6) is 0.512. The molecule has 0 radical (unpaired) electrons. The van der Waals surface area contributed by atoms with Crippen molar-refractivity contribution >= 4 is 32.6 Å². The zero-order valence-corrected chi connectivity index (χ0v) is 12.9. The van der Waals surface area contributed by atoms with Gasteiger partial charge in [-0.3, -0.25) is 4.98 Å². The van der Waals surface area contributed by atoms with E-state index in [4.69, 9.17) is 4.74 Å². The molecular weight excluding hydrogens is 296 g/mol. The number of rotatable bonds is 2. The molecule has 5 nitrogen and oxygen atoms in total. The van der Waals surface area contributed by atoms with Crippen LogP contribution in [0.1, 0.15) is 5.56 Å². The van der Waals surface area contributed by atoms with E-state index < -0.39 is 0 Å². The Hall–Kier alpha value is -2.60. The Labute approximate surface area is 130 Å². The number of hydrogen-bond donors (Lipinski definition) is 0. The number of hydrogen-bond acceptors (Lipinski definition) is 6. The van der Waals surface area contributed by atoms with Gasteiger partial charge in [0.1, 0.15) is 10.5 Å². The first-order chi connectivity index (χ1) is 10.7. The van der Waals surface area contributed by atoms with Gasteiger partial charge in [0.25, 0.3) is 0 Å². The van der Waals surface area contributed by atoms with Gasteiger partial charge in [0.15, 0.2) is 0 Å². The van der Waals surface area contributed by atoms with Gasteiger partial charge < -0.3 is 4.74 Å². The highest BCUT2D eigenvalue weighted by molar-refractivity contribution is 7.21. The summed E-state index contributed by atoms with van der Waals surface area (Å²) in [4.78, 5) is 17.8. The molecule has 0 unspecified atom stereocenters. The Bertz CT molecular complexity index is 963. The first-order valence-electron chi connectivity index (χ1n) is 6.77. The van der Waals surface area contributed by atoms with Crippen LogP contribution in [0.15, 0.2) is 36.8 Å². The summed E-state index contributed by atoms with van der Waals surface area (Å²) in [6.07, 6.45) is 5.20. The van der Waals surface area contributed by atoms with E-state index in [-0.39, 0.29) is 0 Å². The van der Waals surface area contributed by atoms with Crippen LogP contribution in [0.3, 0.4) is 0 Å². The summed E-state index contributed by atoms with van der Waals surface area (Å²) in [5, 5.41) is 0.927. The van der Waals surface area contributed by atoms with E-state index in [1.807, 2.05) is 19.1 Å². The number of fused-ring (bicyclic) bond motifs is 2. The normalized spacial score (nSPS) is 11.2. The molecule has 4 rings (SSSR count). The standard InChI is InChI=1S/C16H12N4OS/c1-9-5-10(15-11(6-9)19-14(21-2)8-18-15)16-20-12-7-17-4-3-13(12)22-16/h3-8H,1-2H3. The van der Waals surface area contributed by atoms with E-state index in [1.165, 1.54) is 0 Å². The number of aromatic nitrogens is 4. The van der Waals surface area contributed by atoms with E-state index in [2.05, 4.69) is 26.0 Å². The van der Waals surface area contributed by atoms with Crippen LogP contribution in [0.25, 0.3) is 31.8 Å². The van der Waals surface area contributed by atoms with Crippen LogP contribution >= 0.6 is 11.3 Å². The van der Waals surface area contributed by atoms with E-state index in [1.54, 1.807) is 37.0 Å². The van der Waals surface area contributed by atoms with Crippen LogP contribution in [0.5, 0.6) is 5.88 Å². The van der Waals surface area contributed by atoms with Crippen molar-refractivity contribution in [2.45, 2.75) is 6.92 Å². The second-order valence-electron chi connectivity index (χ2n) is 4.95. The molecule has 0 N–H and O–H groups in total. The van der Waals surface area contributed by atoms with Crippen LogP contribution in [-0.2, 0) is 0 Å². The lowest BCUT2D eigenvalue weighted by Gasteiger charge is -2.06. The van der Waals surface area contributed by atoms with Gasteiger partial charge in [-0.15, -0.1) is 11.3 Å². The van der Waals surface area contributed by atoms with Crippen molar-refractivity contribution in [3.63, 3.8) is 0 Å². The van der Waals surface area contributed by atoms with E-state index >= 15 is 0 Å². The van der Waals surface area contributed by atoms with Crippen molar-refractivity contribution in [1.29, 1.82) is 0 Å². The van der Waals surface area contributed by atoms with Gasteiger partial charge in [-0.1, -0.05) is 0 Å². The molecule has 1 aromatic carbocycles. The first-order valence-corrected chi connectivity index (χ1v) is 7.58. The lowest BCUT2D eigenvalue weighted by Crippen LogP contribution is -1.93. The van der Waals surface area contributed by atoms with Crippen molar-refractivity contribution in [3.05, 3.63) is 42.4 Å². The predicted octanol–water partition coefficient (Wildman–Crippen LogP) is 3.62. The fourth-order valence-corrected chi connectivity index (χ4v) is 3.35. The molecule has 0 bridgehead atoms. The summed E-state index contributed by atoms with van der Waals surface area (Å²) in [7, 11) is 1.59. The highest BCUT2D eigenvalue weighted by Gasteiger charge is 2.13. The molecule has 22 heavy (non-hydrogen) atoms. The molecule has 108 valence electrons. The fraction of sp³-hybridized carbons (Fsp3) is 0.125. The van der Waals surface area contributed by atoms with Gasteiger partial charge in [0, 0.05) is 11.8 Å². The highest BCUT2D eigenvalue weighted by Crippen LogP contribution is 2.34. The molecule has 0 aliphatic carbocycles. The van der Waals surface area contributed by atoms with Gasteiger partial charge >= 0.3 is 0 Å². The Morgan fingerprint density at radius 1 is 1.09 bits per heavy atom. The topological polar surface area (TPSA) is 60.8 Å². The average Bonchev–Trinajstić information content (AvgIpc) is 2.97.